The molecule has 7 nitrogen and oxygen atoms in total. The maximum atomic E-state index is 10.6. The molecule has 0 bridgehead atoms. The van der Waals surface area contributed by atoms with Crippen molar-refractivity contribution in [2.75, 3.05) is 5.75 Å². The number of hydrogen-bond acceptors (Lipinski definition) is 6. The number of rotatable bonds is 6. The molecule has 0 radical (unpaired) electrons. The van der Waals surface area contributed by atoms with Crippen LogP contribution >= 0.6 is 11.8 Å². The van der Waals surface area contributed by atoms with E-state index in [9.17, 15) is 4.79 Å². The molecule has 0 spiro atoms. The Balaban J connectivity index is 2.34. The Morgan fingerprint density at radius 2 is 2.32 bits per heavy atom. The average molecular weight is 282 g/mol. The predicted molar refractivity (Wildman–Crippen MR) is 68.9 cm³/mol. The molecule has 19 heavy (non-hydrogen) atoms. The number of thioether (sulfide) groups is 1. The van der Waals surface area contributed by atoms with Crippen molar-refractivity contribution in [2.24, 2.45) is 0 Å². The molecule has 0 unspecified atom stereocenters. The summed E-state index contributed by atoms with van der Waals surface area (Å²) in [5.74, 6) is 0.413. The van der Waals surface area contributed by atoms with Crippen molar-refractivity contribution in [1.29, 1.82) is 0 Å². The van der Waals surface area contributed by atoms with Gasteiger partial charge in [-0.3, -0.25) is 4.79 Å². The molecule has 1 N–H and O–H groups in total. The van der Waals surface area contributed by atoms with Gasteiger partial charge in [0.15, 0.2) is 11.0 Å². The summed E-state index contributed by atoms with van der Waals surface area (Å²) in [4.78, 5) is 10.6. The fourth-order valence-corrected chi connectivity index (χ4v) is 2.34. The van der Waals surface area contributed by atoms with Crippen molar-refractivity contribution in [3.05, 3.63) is 12.0 Å². The normalized spacial score (nSPS) is 10.8. The molecular weight excluding hydrogens is 268 g/mol. The summed E-state index contributed by atoms with van der Waals surface area (Å²) in [5.41, 5.74) is 0.781. The van der Waals surface area contributed by atoms with Gasteiger partial charge in [-0.1, -0.05) is 23.8 Å². The summed E-state index contributed by atoms with van der Waals surface area (Å²) in [5, 5.41) is 21.2. The number of carboxylic acids is 1. The number of nitrogens with zero attached hydrogens (tertiary/aromatic N) is 4. The van der Waals surface area contributed by atoms with E-state index in [-0.39, 0.29) is 5.75 Å². The van der Waals surface area contributed by atoms with E-state index in [4.69, 9.17) is 9.63 Å². The zero-order valence-electron chi connectivity index (χ0n) is 10.7. The predicted octanol–water partition coefficient (Wildman–Crippen LogP) is 1.83. The maximum absolute atomic E-state index is 10.6. The lowest BCUT2D eigenvalue weighted by Crippen LogP contribution is -2.04. The van der Waals surface area contributed by atoms with Crippen LogP contribution in [0, 0.1) is 6.92 Å². The van der Waals surface area contributed by atoms with Gasteiger partial charge in [0.2, 0.25) is 0 Å². The molecule has 2 rings (SSSR count). The molecule has 0 aliphatic rings. The standard InChI is InChI=1S/C11H14N4O3S/c1-3-4-15-10(8-5-12-18-7(8)2)13-14-11(15)19-6-9(16)17/h5H,3-4,6H2,1-2H3,(H,16,17). The molecule has 0 aromatic carbocycles. The Morgan fingerprint density at radius 1 is 1.53 bits per heavy atom. The van der Waals surface area contributed by atoms with Crippen molar-refractivity contribution in [1.82, 2.24) is 19.9 Å². The van der Waals surface area contributed by atoms with Crippen LogP contribution < -0.4 is 0 Å². The molecule has 0 aliphatic heterocycles. The van der Waals surface area contributed by atoms with Crippen LogP contribution in [0.15, 0.2) is 15.9 Å². The summed E-state index contributed by atoms with van der Waals surface area (Å²) in [6.07, 6.45) is 2.49. The first-order valence-corrected chi connectivity index (χ1v) is 6.81. The Morgan fingerprint density at radius 3 is 2.89 bits per heavy atom. The molecule has 0 fully saturated rings. The van der Waals surface area contributed by atoms with Gasteiger partial charge in [0.1, 0.15) is 5.76 Å². The van der Waals surface area contributed by atoms with Gasteiger partial charge in [0, 0.05) is 6.54 Å². The van der Waals surface area contributed by atoms with E-state index in [0.29, 0.717) is 16.7 Å². The molecule has 102 valence electrons. The lowest BCUT2D eigenvalue weighted by Gasteiger charge is -2.06. The minimum atomic E-state index is -0.876. The number of aliphatic carboxylic acids is 1. The maximum Gasteiger partial charge on any atom is 0.313 e. The van der Waals surface area contributed by atoms with Gasteiger partial charge in [-0.05, 0) is 13.3 Å². The van der Waals surface area contributed by atoms with Crippen molar-refractivity contribution in [3.8, 4) is 11.4 Å². The second kappa shape index (κ2) is 5.87. The second-order valence-corrected chi connectivity index (χ2v) is 4.88. The van der Waals surface area contributed by atoms with Crippen molar-refractivity contribution < 1.29 is 14.4 Å². The van der Waals surface area contributed by atoms with E-state index in [1.54, 1.807) is 13.1 Å². The summed E-state index contributed by atoms with van der Waals surface area (Å²) in [6.45, 7) is 4.56. The molecule has 0 amide bonds. The Labute approximate surface area is 114 Å². The van der Waals surface area contributed by atoms with Crippen LogP contribution in [0.1, 0.15) is 19.1 Å². The molecule has 8 heteroatoms. The lowest BCUT2D eigenvalue weighted by molar-refractivity contribution is -0.133. The molecule has 0 saturated carbocycles. The van der Waals surface area contributed by atoms with E-state index in [1.807, 2.05) is 11.5 Å². The first-order valence-electron chi connectivity index (χ1n) is 5.83. The molecule has 2 heterocycles. The van der Waals surface area contributed by atoms with Crippen molar-refractivity contribution in [3.63, 3.8) is 0 Å². The van der Waals surface area contributed by atoms with Gasteiger partial charge >= 0.3 is 5.97 Å². The number of hydrogen-bond donors (Lipinski definition) is 1. The van der Waals surface area contributed by atoms with Crippen LogP contribution in [0.25, 0.3) is 11.4 Å². The average Bonchev–Trinajstić information content (AvgIpc) is 2.94. The Bertz CT molecular complexity index is 578. The summed E-state index contributed by atoms with van der Waals surface area (Å²) in [6, 6.07) is 0. The monoisotopic (exact) mass is 282 g/mol. The lowest BCUT2D eigenvalue weighted by atomic mass is 10.2. The van der Waals surface area contributed by atoms with Gasteiger partial charge in [0.25, 0.3) is 0 Å². The summed E-state index contributed by atoms with van der Waals surface area (Å²) >= 11 is 1.16. The minimum Gasteiger partial charge on any atom is -0.481 e. The highest BCUT2D eigenvalue weighted by Gasteiger charge is 2.18. The summed E-state index contributed by atoms with van der Waals surface area (Å²) in [7, 11) is 0. The van der Waals surface area contributed by atoms with E-state index in [0.717, 1.165) is 30.3 Å². The Hall–Kier alpha value is -1.83. The number of carboxylic acid groups (broad SMARTS) is 1. The third kappa shape index (κ3) is 2.95. The topological polar surface area (TPSA) is 94.0 Å². The van der Waals surface area contributed by atoms with Crippen LogP contribution in [0.2, 0.25) is 0 Å². The highest BCUT2D eigenvalue weighted by Crippen LogP contribution is 2.26. The largest absolute Gasteiger partial charge is 0.481 e. The van der Waals surface area contributed by atoms with Crippen LogP contribution in [-0.4, -0.2) is 36.7 Å². The molecule has 0 atom stereocenters. The third-order valence-corrected chi connectivity index (χ3v) is 3.43. The van der Waals surface area contributed by atoms with Gasteiger partial charge in [-0.25, -0.2) is 0 Å². The van der Waals surface area contributed by atoms with E-state index in [1.165, 1.54) is 0 Å². The first-order chi connectivity index (χ1) is 9.13. The fraction of sp³-hybridized carbons (Fsp3) is 0.455. The summed E-state index contributed by atoms with van der Waals surface area (Å²) < 4.78 is 6.92. The van der Waals surface area contributed by atoms with E-state index < -0.39 is 5.97 Å². The van der Waals surface area contributed by atoms with E-state index >= 15 is 0 Å². The van der Waals surface area contributed by atoms with Gasteiger partial charge < -0.3 is 14.2 Å². The van der Waals surface area contributed by atoms with Crippen molar-refractivity contribution in [2.45, 2.75) is 32.0 Å². The highest BCUT2D eigenvalue weighted by molar-refractivity contribution is 7.99. The molecule has 0 aliphatic carbocycles. The number of aryl methyl sites for hydroxylation is 1. The molecule has 2 aromatic heterocycles. The number of carbonyl (C=O) groups is 1. The van der Waals surface area contributed by atoms with Gasteiger partial charge in [-0.15, -0.1) is 10.2 Å². The third-order valence-electron chi connectivity index (χ3n) is 2.48. The van der Waals surface area contributed by atoms with Crippen LogP contribution in [0.3, 0.4) is 0 Å². The van der Waals surface area contributed by atoms with Gasteiger partial charge in [-0.2, -0.15) is 0 Å². The van der Waals surface area contributed by atoms with Crippen LogP contribution in [0.5, 0.6) is 0 Å². The smallest absolute Gasteiger partial charge is 0.313 e. The molecular formula is C11H14N4O3S. The zero-order chi connectivity index (χ0) is 13.8. The number of aromatic nitrogens is 4. The van der Waals surface area contributed by atoms with E-state index in [2.05, 4.69) is 15.4 Å². The van der Waals surface area contributed by atoms with Crippen LogP contribution in [0.4, 0.5) is 0 Å². The van der Waals surface area contributed by atoms with Gasteiger partial charge in [0.05, 0.1) is 17.5 Å². The second-order valence-electron chi connectivity index (χ2n) is 3.94. The Kier molecular flexibility index (Phi) is 4.20. The van der Waals surface area contributed by atoms with Crippen LogP contribution in [-0.2, 0) is 11.3 Å². The highest BCUT2D eigenvalue weighted by atomic mass is 32.2. The molecule has 2 aromatic rings. The van der Waals surface area contributed by atoms with Crippen molar-refractivity contribution >= 4 is 17.7 Å². The molecule has 0 saturated heterocycles. The zero-order valence-corrected chi connectivity index (χ0v) is 11.5. The quantitative estimate of drug-likeness (QED) is 0.807. The minimum absolute atomic E-state index is 0.0372. The first kappa shape index (κ1) is 13.6. The SMILES string of the molecule is CCCn1c(SCC(=O)O)nnc1-c1cnoc1C. The fourth-order valence-electron chi connectivity index (χ4n) is 1.66.